The molecule has 0 saturated carbocycles. The standard InChI is InChI=1S/C17H21N3O4S/c1-11-15(23-10-18-11)16(21)20-8-17(9-20)13(3-4-24-17)5-22-6-14-7-25-12(2)19-14/h7,10,13H,3-6,8-9H2,1-2H3/t13-/m1/s1. The number of aromatic nitrogens is 2. The Morgan fingerprint density at radius 3 is 3.00 bits per heavy atom. The van der Waals surface area contributed by atoms with Crippen molar-refractivity contribution in [1.82, 2.24) is 14.9 Å². The molecule has 0 N–H and O–H groups in total. The third kappa shape index (κ3) is 3.09. The number of hydrogen-bond acceptors (Lipinski definition) is 7. The zero-order chi connectivity index (χ0) is 17.4. The molecule has 134 valence electrons. The van der Waals surface area contributed by atoms with Crippen LogP contribution in [0, 0.1) is 19.8 Å². The van der Waals surface area contributed by atoms with Crippen LogP contribution in [0.1, 0.15) is 33.4 Å². The van der Waals surface area contributed by atoms with Crippen LogP contribution >= 0.6 is 11.3 Å². The molecule has 2 saturated heterocycles. The van der Waals surface area contributed by atoms with E-state index in [0.29, 0.717) is 50.3 Å². The average molecular weight is 363 g/mol. The monoisotopic (exact) mass is 363 g/mol. The lowest BCUT2D eigenvalue weighted by atomic mass is 9.81. The summed E-state index contributed by atoms with van der Waals surface area (Å²) >= 11 is 1.63. The number of rotatable bonds is 5. The lowest BCUT2D eigenvalue weighted by molar-refractivity contribution is -0.129. The molecule has 2 aromatic heterocycles. The maximum Gasteiger partial charge on any atom is 0.291 e. The number of ether oxygens (including phenoxy) is 2. The maximum absolute atomic E-state index is 12.5. The Morgan fingerprint density at radius 2 is 2.32 bits per heavy atom. The van der Waals surface area contributed by atoms with Gasteiger partial charge in [0.25, 0.3) is 5.91 Å². The molecule has 7 nitrogen and oxygen atoms in total. The summed E-state index contributed by atoms with van der Waals surface area (Å²) in [6.45, 7) is 6.79. The predicted molar refractivity (Wildman–Crippen MR) is 90.4 cm³/mol. The van der Waals surface area contributed by atoms with Crippen LogP contribution in [0.3, 0.4) is 0 Å². The van der Waals surface area contributed by atoms with Crippen molar-refractivity contribution in [1.29, 1.82) is 0 Å². The quantitative estimate of drug-likeness (QED) is 0.810. The molecule has 0 bridgehead atoms. The smallest absolute Gasteiger partial charge is 0.291 e. The van der Waals surface area contributed by atoms with Crippen LogP contribution < -0.4 is 0 Å². The lowest BCUT2D eigenvalue weighted by Gasteiger charge is -2.49. The van der Waals surface area contributed by atoms with Crippen molar-refractivity contribution in [3.8, 4) is 0 Å². The van der Waals surface area contributed by atoms with Crippen molar-refractivity contribution >= 4 is 17.2 Å². The summed E-state index contributed by atoms with van der Waals surface area (Å²) in [5.41, 5.74) is 1.32. The van der Waals surface area contributed by atoms with Gasteiger partial charge >= 0.3 is 0 Å². The Labute approximate surface area is 150 Å². The zero-order valence-electron chi connectivity index (χ0n) is 14.4. The first-order valence-electron chi connectivity index (χ1n) is 8.39. The highest BCUT2D eigenvalue weighted by Gasteiger charge is 2.55. The summed E-state index contributed by atoms with van der Waals surface area (Å²) in [5.74, 6) is 0.500. The minimum absolute atomic E-state index is 0.117. The molecule has 2 fully saturated rings. The highest BCUT2D eigenvalue weighted by molar-refractivity contribution is 7.09. The van der Waals surface area contributed by atoms with Gasteiger partial charge in [-0.15, -0.1) is 11.3 Å². The number of thiazole rings is 1. The van der Waals surface area contributed by atoms with Gasteiger partial charge in [-0.1, -0.05) is 0 Å². The van der Waals surface area contributed by atoms with Gasteiger partial charge in [-0.05, 0) is 20.3 Å². The van der Waals surface area contributed by atoms with Crippen LogP contribution in [0.5, 0.6) is 0 Å². The lowest BCUT2D eigenvalue weighted by Crippen LogP contribution is -2.66. The van der Waals surface area contributed by atoms with Crippen LogP contribution in [-0.2, 0) is 16.1 Å². The van der Waals surface area contributed by atoms with E-state index >= 15 is 0 Å². The molecule has 4 heterocycles. The van der Waals surface area contributed by atoms with Crippen molar-refractivity contribution in [3.63, 3.8) is 0 Å². The summed E-state index contributed by atoms with van der Waals surface area (Å²) in [6.07, 6.45) is 2.26. The van der Waals surface area contributed by atoms with E-state index in [1.54, 1.807) is 23.2 Å². The number of hydrogen-bond donors (Lipinski definition) is 0. The number of likely N-dealkylation sites (tertiary alicyclic amines) is 1. The Hall–Kier alpha value is -1.77. The molecular weight excluding hydrogens is 342 g/mol. The van der Waals surface area contributed by atoms with E-state index in [0.717, 1.165) is 17.1 Å². The molecule has 1 atom stereocenters. The van der Waals surface area contributed by atoms with Crippen molar-refractivity contribution < 1.29 is 18.7 Å². The van der Waals surface area contributed by atoms with Gasteiger partial charge in [-0.3, -0.25) is 4.79 Å². The summed E-state index contributed by atoms with van der Waals surface area (Å²) in [6, 6.07) is 0. The number of carbonyl (C=O) groups is 1. The van der Waals surface area contributed by atoms with Gasteiger partial charge in [-0.25, -0.2) is 9.97 Å². The highest BCUT2D eigenvalue weighted by Crippen LogP contribution is 2.40. The first-order chi connectivity index (χ1) is 12.1. The molecule has 2 aliphatic rings. The predicted octanol–water partition coefficient (Wildman–Crippen LogP) is 2.20. The second kappa shape index (κ2) is 6.51. The summed E-state index contributed by atoms with van der Waals surface area (Å²) < 4.78 is 17.1. The van der Waals surface area contributed by atoms with Gasteiger partial charge in [0.05, 0.1) is 42.7 Å². The highest BCUT2D eigenvalue weighted by atomic mass is 32.1. The molecule has 0 radical (unpaired) electrons. The number of carbonyl (C=O) groups excluding carboxylic acids is 1. The Kier molecular flexibility index (Phi) is 4.35. The van der Waals surface area contributed by atoms with Gasteiger partial charge in [0, 0.05) is 17.9 Å². The molecule has 4 rings (SSSR count). The SMILES string of the molecule is Cc1nc(COC[C@H]2CCOC23CN(C(=O)c2ocnc2C)C3)cs1. The molecule has 0 unspecified atom stereocenters. The Morgan fingerprint density at radius 1 is 1.48 bits per heavy atom. The zero-order valence-corrected chi connectivity index (χ0v) is 15.2. The molecule has 8 heteroatoms. The van der Waals surface area contributed by atoms with Gasteiger partial charge in [0.1, 0.15) is 5.60 Å². The minimum Gasteiger partial charge on any atom is -0.438 e. The number of aryl methyl sites for hydroxylation is 2. The van der Waals surface area contributed by atoms with Crippen LogP contribution in [0.4, 0.5) is 0 Å². The molecule has 1 amide bonds. The van der Waals surface area contributed by atoms with Gasteiger partial charge in [0.15, 0.2) is 6.39 Å². The Bertz CT molecular complexity index is 766. The molecule has 25 heavy (non-hydrogen) atoms. The number of nitrogens with zero attached hydrogens (tertiary/aromatic N) is 3. The van der Waals surface area contributed by atoms with Crippen LogP contribution in [0.15, 0.2) is 16.2 Å². The van der Waals surface area contributed by atoms with E-state index < -0.39 is 0 Å². The van der Waals surface area contributed by atoms with E-state index in [2.05, 4.69) is 9.97 Å². The second-order valence-corrected chi connectivity index (χ2v) is 7.76. The van der Waals surface area contributed by atoms with Crippen LogP contribution in [-0.4, -0.2) is 52.7 Å². The number of oxazole rings is 1. The third-order valence-corrected chi connectivity index (χ3v) is 5.80. The van der Waals surface area contributed by atoms with E-state index in [4.69, 9.17) is 13.9 Å². The van der Waals surface area contributed by atoms with Crippen molar-refractivity contribution in [2.75, 3.05) is 26.3 Å². The van der Waals surface area contributed by atoms with E-state index in [1.165, 1.54) is 6.39 Å². The number of amides is 1. The topological polar surface area (TPSA) is 77.7 Å². The Balaban J connectivity index is 1.31. The normalized spacial score (nSPS) is 21.7. The van der Waals surface area contributed by atoms with Crippen molar-refractivity contribution in [3.05, 3.63) is 33.9 Å². The summed E-state index contributed by atoms with van der Waals surface area (Å²) in [7, 11) is 0. The van der Waals surface area contributed by atoms with Crippen LogP contribution in [0.25, 0.3) is 0 Å². The molecule has 2 aliphatic heterocycles. The van der Waals surface area contributed by atoms with E-state index in [9.17, 15) is 4.79 Å². The van der Waals surface area contributed by atoms with E-state index in [1.807, 2.05) is 12.3 Å². The first kappa shape index (κ1) is 16.7. The summed E-state index contributed by atoms with van der Waals surface area (Å²) in [5, 5.41) is 3.08. The average Bonchev–Trinajstić information content (AvgIpc) is 3.25. The summed E-state index contributed by atoms with van der Waals surface area (Å²) in [4.78, 5) is 22.6. The second-order valence-electron chi connectivity index (χ2n) is 6.70. The molecule has 0 aromatic carbocycles. The molecule has 0 aliphatic carbocycles. The largest absolute Gasteiger partial charge is 0.438 e. The van der Waals surface area contributed by atoms with Gasteiger partial charge in [0.2, 0.25) is 5.76 Å². The third-order valence-electron chi connectivity index (χ3n) is 4.98. The molecule has 1 spiro atoms. The maximum atomic E-state index is 12.5. The molecule has 2 aromatic rings. The van der Waals surface area contributed by atoms with Crippen molar-refractivity contribution in [2.45, 2.75) is 32.5 Å². The van der Waals surface area contributed by atoms with Crippen LogP contribution in [0.2, 0.25) is 0 Å². The van der Waals surface area contributed by atoms with Gasteiger partial charge in [-0.2, -0.15) is 0 Å². The fourth-order valence-electron chi connectivity index (χ4n) is 3.54. The fraction of sp³-hybridized carbons (Fsp3) is 0.588. The van der Waals surface area contributed by atoms with Crippen molar-refractivity contribution in [2.24, 2.45) is 5.92 Å². The van der Waals surface area contributed by atoms with Gasteiger partial charge < -0.3 is 18.8 Å². The fourth-order valence-corrected chi connectivity index (χ4v) is 4.14. The molecular formula is C17H21N3O4S. The van der Waals surface area contributed by atoms with E-state index in [-0.39, 0.29) is 11.5 Å². The minimum atomic E-state index is -0.276. The first-order valence-corrected chi connectivity index (χ1v) is 9.27.